The molecule has 0 saturated carbocycles. The van der Waals surface area contributed by atoms with Crippen LogP contribution in [0, 0.1) is 12.8 Å². The molecule has 6 heteroatoms. The van der Waals surface area contributed by atoms with E-state index in [0.717, 1.165) is 69.4 Å². The molecule has 2 amide bonds. The van der Waals surface area contributed by atoms with Crippen LogP contribution in [-0.2, 0) is 4.74 Å². The Morgan fingerprint density at radius 1 is 1.21 bits per heavy atom. The van der Waals surface area contributed by atoms with Gasteiger partial charge in [0, 0.05) is 37.6 Å². The van der Waals surface area contributed by atoms with E-state index in [2.05, 4.69) is 39.5 Å². The molecular weight excluding hydrogens is 352 g/mol. The van der Waals surface area contributed by atoms with E-state index in [9.17, 15) is 4.79 Å². The zero-order valence-electron chi connectivity index (χ0n) is 17.5. The summed E-state index contributed by atoms with van der Waals surface area (Å²) in [6.07, 6.45) is 4.85. The van der Waals surface area contributed by atoms with Gasteiger partial charge in [0.25, 0.3) is 0 Å². The SMILES string of the molecule is Cc1cc(N2CCOCC2)ccc1NC(=O)NCCCCN1CCCC(C)C1. The number of benzene rings is 1. The number of aryl methyl sites for hydroxylation is 1. The number of hydrogen-bond acceptors (Lipinski definition) is 4. The van der Waals surface area contributed by atoms with Gasteiger partial charge >= 0.3 is 6.03 Å². The maximum Gasteiger partial charge on any atom is 0.319 e. The first kappa shape index (κ1) is 20.9. The lowest BCUT2D eigenvalue weighted by molar-refractivity contribution is 0.122. The van der Waals surface area contributed by atoms with Crippen molar-refractivity contribution in [1.82, 2.24) is 10.2 Å². The van der Waals surface area contributed by atoms with E-state index < -0.39 is 0 Å². The molecule has 0 aliphatic carbocycles. The van der Waals surface area contributed by atoms with Gasteiger partial charge in [0.1, 0.15) is 0 Å². The number of carbonyl (C=O) groups excluding carboxylic acids is 1. The van der Waals surface area contributed by atoms with Gasteiger partial charge in [0.05, 0.1) is 13.2 Å². The van der Waals surface area contributed by atoms with Crippen LogP contribution in [0.2, 0.25) is 0 Å². The molecule has 156 valence electrons. The Balaban J connectivity index is 1.35. The lowest BCUT2D eigenvalue weighted by atomic mass is 10.0. The topological polar surface area (TPSA) is 56.8 Å². The van der Waals surface area contributed by atoms with Crippen molar-refractivity contribution in [3.8, 4) is 0 Å². The van der Waals surface area contributed by atoms with E-state index in [-0.39, 0.29) is 6.03 Å². The number of carbonyl (C=O) groups is 1. The number of rotatable bonds is 7. The molecular formula is C22H36N4O2. The number of ether oxygens (including phenoxy) is 1. The number of hydrogen-bond donors (Lipinski definition) is 2. The summed E-state index contributed by atoms with van der Waals surface area (Å²) in [6.45, 7) is 12.1. The Hall–Kier alpha value is -1.79. The Kier molecular flexibility index (Phi) is 7.98. The van der Waals surface area contributed by atoms with E-state index in [4.69, 9.17) is 4.74 Å². The van der Waals surface area contributed by atoms with Crippen molar-refractivity contribution in [2.24, 2.45) is 5.92 Å². The molecule has 2 aliphatic rings. The zero-order chi connectivity index (χ0) is 19.8. The quantitative estimate of drug-likeness (QED) is 0.703. The van der Waals surface area contributed by atoms with Crippen molar-refractivity contribution < 1.29 is 9.53 Å². The highest BCUT2D eigenvalue weighted by atomic mass is 16.5. The van der Waals surface area contributed by atoms with Crippen LogP contribution >= 0.6 is 0 Å². The Morgan fingerprint density at radius 3 is 2.79 bits per heavy atom. The third-order valence-corrected chi connectivity index (χ3v) is 5.76. The third kappa shape index (κ3) is 6.38. The number of morpholine rings is 1. The second-order valence-corrected chi connectivity index (χ2v) is 8.23. The van der Waals surface area contributed by atoms with Gasteiger partial charge in [-0.2, -0.15) is 0 Å². The number of amides is 2. The van der Waals surface area contributed by atoms with E-state index in [1.165, 1.54) is 31.6 Å². The van der Waals surface area contributed by atoms with Crippen LogP contribution in [-0.4, -0.2) is 63.4 Å². The van der Waals surface area contributed by atoms with Crippen LogP contribution in [0.25, 0.3) is 0 Å². The minimum atomic E-state index is -0.117. The third-order valence-electron chi connectivity index (χ3n) is 5.76. The van der Waals surface area contributed by atoms with Gasteiger partial charge in [-0.3, -0.25) is 0 Å². The standard InChI is InChI=1S/C22H36N4O2/c1-18-6-5-11-25(17-18)10-4-3-9-23-22(27)24-21-8-7-20(16-19(21)2)26-12-14-28-15-13-26/h7-8,16,18H,3-6,9-15,17H2,1-2H3,(H2,23,24,27). The van der Waals surface area contributed by atoms with Gasteiger partial charge in [-0.15, -0.1) is 0 Å². The first-order valence-electron chi connectivity index (χ1n) is 10.8. The summed E-state index contributed by atoms with van der Waals surface area (Å²) in [4.78, 5) is 17.1. The molecule has 2 N–H and O–H groups in total. The predicted octanol–water partition coefficient (Wildman–Crippen LogP) is 3.47. The Bertz CT molecular complexity index is 631. The van der Waals surface area contributed by atoms with Crippen molar-refractivity contribution in [2.45, 2.75) is 39.5 Å². The number of nitrogens with zero attached hydrogens (tertiary/aromatic N) is 2. The minimum absolute atomic E-state index is 0.117. The molecule has 28 heavy (non-hydrogen) atoms. The van der Waals surface area contributed by atoms with Crippen molar-refractivity contribution in [3.05, 3.63) is 23.8 Å². The summed E-state index contributed by atoms with van der Waals surface area (Å²) < 4.78 is 5.41. The normalized spacial score (nSPS) is 20.8. The zero-order valence-corrected chi connectivity index (χ0v) is 17.5. The summed E-state index contributed by atoms with van der Waals surface area (Å²) in [7, 11) is 0. The lowest BCUT2D eigenvalue weighted by Crippen LogP contribution is -2.36. The molecule has 0 bridgehead atoms. The average Bonchev–Trinajstić information content (AvgIpc) is 2.70. The van der Waals surface area contributed by atoms with Crippen LogP contribution in [0.1, 0.15) is 38.2 Å². The largest absolute Gasteiger partial charge is 0.378 e. The maximum atomic E-state index is 12.2. The monoisotopic (exact) mass is 388 g/mol. The number of nitrogens with one attached hydrogen (secondary N) is 2. The van der Waals surface area contributed by atoms with Gasteiger partial charge in [-0.25, -0.2) is 4.79 Å². The van der Waals surface area contributed by atoms with Crippen molar-refractivity contribution >= 4 is 17.4 Å². The van der Waals surface area contributed by atoms with Gasteiger partial charge < -0.3 is 25.2 Å². The summed E-state index contributed by atoms with van der Waals surface area (Å²) in [6, 6.07) is 6.10. The van der Waals surface area contributed by atoms with E-state index in [1.54, 1.807) is 0 Å². The molecule has 0 aromatic heterocycles. The van der Waals surface area contributed by atoms with Crippen LogP contribution in [0.15, 0.2) is 18.2 Å². The highest BCUT2D eigenvalue weighted by Gasteiger charge is 2.15. The fraction of sp³-hybridized carbons (Fsp3) is 0.682. The molecule has 3 rings (SSSR count). The van der Waals surface area contributed by atoms with Gasteiger partial charge in [-0.05, 0) is 75.4 Å². The summed E-state index contributed by atoms with van der Waals surface area (Å²) in [5, 5.41) is 5.97. The van der Waals surface area contributed by atoms with E-state index in [0.29, 0.717) is 0 Å². The molecule has 1 unspecified atom stereocenters. The lowest BCUT2D eigenvalue weighted by Gasteiger charge is -2.30. The molecule has 2 heterocycles. The van der Waals surface area contributed by atoms with Crippen molar-refractivity contribution in [3.63, 3.8) is 0 Å². The highest BCUT2D eigenvalue weighted by Crippen LogP contribution is 2.23. The number of likely N-dealkylation sites (tertiary alicyclic amines) is 1. The number of anilines is 2. The van der Waals surface area contributed by atoms with Crippen LogP contribution < -0.4 is 15.5 Å². The molecule has 0 radical (unpaired) electrons. The molecule has 6 nitrogen and oxygen atoms in total. The summed E-state index contributed by atoms with van der Waals surface area (Å²) in [5.74, 6) is 0.829. The Morgan fingerprint density at radius 2 is 2.04 bits per heavy atom. The van der Waals surface area contributed by atoms with Crippen LogP contribution in [0.4, 0.5) is 16.2 Å². The van der Waals surface area contributed by atoms with E-state index in [1.807, 2.05) is 13.0 Å². The second kappa shape index (κ2) is 10.7. The van der Waals surface area contributed by atoms with Crippen molar-refractivity contribution in [2.75, 3.05) is 62.7 Å². The molecule has 2 fully saturated rings. The molecule has 1 aromatic carbocycles. The van der Waals surface area contributed by atoms with Crippen LogP contribution in [0.3, 0.4) is 0 Å². The molecule has 0 spiro atoms. The minimum Gasteiger partial charge on any atom is -0.378 e. The van der Waals surface area contributed by atoms with Gasteiger partial charge in [-0.1, -0.05) is 6.92 Å². The molecule has 2 aliphatic heterocycles. The fourth-order valence-corrected chi connectivity index (χ4v) is 4.12. The molecule has 1 atom stereocenters. The van der Waals surface area contributed by atoms with Crippen LogP contribution in [0.5, 0.6) is 0 Å². The number of piperidine rings is 1. The van der Waals surface area contributed by atoms with E-state index >= 15 is 0 Å². The van der Waals surface area contributed by atoms with Crippen molar-refractivity contribution in [1.29, 1.82) is 0 Å². The predicted molar refractivity (Wildman–Crippen MR) is 115 cm³/mol. The number of urea groups is 1. The summed E-state index contributed by atoms with van der Waals surface area (Å²) >= 11 is 0. The molecule has 1 aromatic rings. The average molecular weight is 389 g/mol. The Labute approximate surface area is 169 Å². The van der Waals surface area contributed by atoms with Gasteiger partial charge in [0.15, 0.2) is 0 Å². The maximum absolute atomic E-state index is 12.2. The first-order chi connectivity index (χ1) is 13.6. The second-order valence-electron chi connectivity index (χ2n) is 8.23. The number of unbranched alkanes of at least 4 members (excludes halogenated alkanes) is 1. The fourth-order valence-electron chi connectivity index (χ4n) is 4.12. The summed E-state index contributed by atoms with van der Waals surface area (Å²) in [5.41, 5.74) is 3.15. The van der Waals surface area contributed by atoms with Gasteiger partial charge in [0.2, 0.25) is 0 Å². The highest BCUT2D eigenvalue weighted by molar-refractivity contribution is 5.90. The molecule has 2 saturated heterocycles. The first-order valence-corrected chi connectivity index (χ1v) is 10.8. The smallest absolute Gasteiger partial charge is 0.319 e.